The van der Waals surface area contributed by atoms with E-state index in [0.717, 1.165) is 0 Å². The zero-order valence-electron chi connectivity index (χ0n) is 16.6. The van der Waals surface area contributed by atoms with Gasteiger partial charge in [-0.3, -0.25) is 32.0 Å². The highest BCUT2D eigenvalue weighted by molar-refractivity contribution is 7.63. The summed E-state index contributed by atoms with van der Waals surface area (Å²) in [7, 11) is -43.8. The van der Waals surface area contributed by atoms with E-state index in [1.165, 1.54) is 0 Å². The Kier molecular flexibility index (Phi) is 13.4. The fourth-order valence-electron chi connectivity index (χ4n) is 3.22. The van der Waals surface area contributed by atoms with Crippen LogP contribution >= 0.6 is 53.2 Å². The van der Waals surface area contributed by atoms with Gasteiger partial charge in [0.15, 0.2) is 0 Å². The quantitative estimate of drug-likeness (QED) is 0.0652. The summed E-state index contributed by atoms with van der Waals surface area (Å²) in [5, 5.41) is 0. The standard InChI is InChI=1S/C7H23O21P7.BH3/c8-29(9,10)1-3(31(14,15)16)5(33(20,21)22)7(35(26,27)28)6(34(23,24)25)4(32(17,18)19)2-30(11,12)13;/h3-7H,1-2H2,(H2,8,9,10)(H2,11,12,13)(H2,14,15,16)(H2,17,18,19)(H2,20,21,22)(H2,23,24,25)(H2,26,27,28);1H3. The van der Waals surface area contributed by atoms with Crippen molar-refractivity contribution in [1.82, 2.24) is 0 Å². The maximum Gasteiger partial charge on any atom is 0.330 e. The Morgan fingerprint density at radius 3 is 0.667 bits per heavy atom. The molecule has 0 saturated heterocycles. The molecule has 0 aromatic heterocycles. The molecule has 0 saturated carbocycles. The molecule has 218 valence electrons. The first kappa shape index (κ1) is 39.3. The molecule has 0 radical (unpaired) electrons. The molecule has 4 unspecified atom stereocenters. The van der Waals surface area contributed by atoms with E-state index in [4.69, 9.17) is 19.6 Å². The fourth-order valence-corrected chi connectivity index (χ4v) is 17.2. The van der Waals surface area contributed by atoms with Gasteiger partial charge in [0.2, 0.25) is 0 Å². The average molecular weight is 674 g/mol. The van der Waals surface area contributed by atoms with Gasteiger partial charge in [0, 0.05) is 0 Å². The van der Waals surface area contributed by atoms with Crippen LogP contribution in [0.2, 0.25) is 0 Å². The predicted octanol–water partition coefficient (Wildman–Crippen LogP) is -4.11. The highest BCUT2D eigenvalue weighted by atomic mass is 31.2. The molecule has 4 atom stereocenters. The van der Waals surface area contributed by atoms with Crippen molar-refractivity contribution in [3.8, 4) is 0 Å². The van der Waals surface area contributed by atoms with Gasteiger partial charge in [-0.2, -0.15) is 0 Å². The SMILES string of the molecule is B.O=P(O)(O)CC(C(C(C(C(CP(=O)(O)O)P(=O)(O)O)P(=O)(O)O)P(=O)(O)O)P(=O)(O)O)P(=O)(O)O. The summed E-state index contributed by atoms with van der Waals surface area (Å²) in [5.74, 6) is 0. The van der Waals surface area contributed by atoms with Gasteiger partial charge in [-0.25, -0.2) is 0 Å². The molecule has 0 aliphatic heterocycles. The molecule has 29 heteroatoms. The molecule has 14 N–H and O–H groups in total. The molecule has 0 heterocycles. The minimum absolute atomic E-state index is 0. The first-order chi connectivity index (χ1) is 14.8. The van der Waals surface area contributed by atoms with Gasteiger partial charge >= 0.3 is 53.2 Å². The summed E-state index contributed by atoms with van der Waals surface area (Å²) >= 11 is 0. The van der Waals surface area contributed by atoms with Crippen LogP contribution in [0.15, 0.2) is 0 Å². The molecule has 0 spiro atoms. The molecule has 0 rings (SSSR count). The monoisotopic (exact) mass is 674 g/mol. The van der Waals surface area contributed by atoms with Crippen molar-refractivity contribution in [3.05, 3.63) is 0 Å². The van der Waals surface area contributed by atoms with Gasteiger partial charge in [0.25, 0.3) is 0 Å². The fraction of sp³-hybridized carbons (Fsp3) is 1.00. The number of hydrogen-bond acceptors (Lipinski definition) is 7. The molecule has 0 aliphatic carbocycles. The van der Waals surface area contributed by atoms with Gasteiger partial charge in [0.05, 0.1) is 49.0 Å². The summed E-state index contributed by atoms with van der Waals surface area (Å²) in [6.07, 6.45) is -4.51. The van der Waals surface area contributed by atoms with Crippen LogP contribution in [0.25, 0.3) is 0 Å². The third-order valence-corrected chi connectivity index (χ3v) is 14.7. The van der Waals surface area contributed by atoms with Crippen molar-refractivity contribution in [2.24, 2.45) is 0 Å². The number of hydrogen-bond donors (Lipinski definition) is 14. The Balaban J connectivity index is 0. The molecule has 21 nitrogen and oxygen atoms in total. The number of rotatable bonds is 13. The summed E-state index contributed by atoms with van der Waals surface area (Å²) < 4.78 is 83.0. The summed E-state index contributed by atoms with van der Waals surface area (Å²) in [5.41, 5.74) is -18.5. The first-order valence-electron chi connectivity index (χ1n) is 8.15. The van der Waals surface area contributed by atoms with Gasteiger partial charge < -0.3 is 68.5 Å². The van der Waals surface area contributed by atoms with E-state index >= 15 is 0 Å². The van der Waals surface area contributed by atoms with Crippen molar-refractivity contribution in [1.29, 1.82) is 0 Å². The van der Waals surface area contributed by atoms with Crippen LogP contribution in [-0.2, 0) is 32.0 Å². The molecule has 0 amide bonds. The topological polar surface area (TPSA) is 403 Å². The van der Waals surface area contributed by atoms with Gasteiger partial charge in [-0.05, 0) is 0 Å². The summed E-state index contributed by atoms with van der Waals surface area (Å²) in [6.45, 7) is 0. The third kappa shape index (κ3) is 12.5. The van der Waals surface area contributed by atoms with Crippen LogP contribution < -0.4 is 0 Å². The Labute approximate surface area is 203 Å². The smallest absolute Gasteiger partial charge is 0.324 e. The minimum atomic E-state index is -6.64. The van der Waals surface area contributed by atoms with Crippen molar-refractivity contribution < 1.29 is 100 Å². The normalized spacial score (nSPS) is 19.1. The summed E-state index contributed by atoms with van der Waals surface area (Å²) in [6, 6.07) is 0. The van der Waals surface area contributed by atoms with Crippen molar-refractivity contribution in [2.75, 3.05) is 12.3 Å². The van der Waals surface area contributed by atoms with E-state index in [0.29, 0.717) is 0 Å². The second-order valence-corrected chi connectivity index (χ2v) is 19.6. The third-order valence-electron chi connectivity index (χ3n) is 4.37. The zero-order valence-corrected chi connectivity index (χ0v) is 22.8. The maximum atomic E-state index is 12.2. The Hall–Kier alpha value is 1.11. The van der Waals surface area contributed by atoms with Crippen LogP contribution in [-0.4, -0.2) is 118 Å². The van der Waals surface area contributed by atoms with Crippen LogP contribution in [0.1, 0.15) is 0 Å². The second-order valence-electron chi connectivity index (χ2n) is 7.25. The second kappa shape index (κ2) is 12.3. The largest absolute Gasteiger partial charge is 0.330 e. The highest BCUT2D eigenvalue weighted by Gasteiger charge is 2.64. The molecule has 0 aromatic carbocycles. The van der Waals surface area contributed by atoms with Crippen molar-refractivity contribution in [3.63, 3.8) is 0 Å². The van der Waals surface area contributed by atoms with Gasteiger partial charge in [-0.15, -0.1) is 0 Å². The van der Waals surface area contributed by atoms with Crippen LogP contribution in [0.3, 0.4) is 0 Å². The molecular weight excluding hydrogens is 648 g/mol. The van der Waals surface area contributed by atoms with E-state index in [2.05, 4.69) is 0 Å². The minimum Gasteiger partial charge on any atom is -0.324 e. The Bertz CT molecular complexity index is 1020. The maximum absolute atomic E-state index is 12.2. The van der Waals surface area contributed by atoms with Crippen LogP contribution in [0, 0.1) is 0 Å². The Morgan fingerprint density at radius 1 is 0.361 bits per heavy atom. The van der Waals surface area contributed by atoms with Gasteiger partial charge in [0.1, 0.15) is 0 Å². The highest BCUT2D eigenvalue weighted by Crippen LogP contribution is 2.70. The lowest BCUT2D eigenvalue weighted by Crippen LogP contribution is -2.50. The molecule has 0 bridgehead atoms. The van der Waals surface area contributed by atoms with E-state index in [1.54, 1.807) is 0 Å². The van der Waals surface area contributed by atoms with E-state index in [9.17, 15) is 80.9 Å². The molecule has 0 fully saturated rings. The van der Waals surface area contributed by atoms with E-state index < -0.39 is 93.8 Å². The van der Waals surface area contributed by atoms with Crippen LogP contribution in [0.4, 0.5) is 0 Å². The van der Waals surface area contributed by atoms with Crippen LogP contribution in [0.5, 0.6) is 0 Å². The van der Waals surface area contributed by atoms with Crippen molar-refractivity contribution in [2.45, 2.75) is 28.3 Å². The van der Waals surface area contributed by atoms with E-state index in [1.807, 2.05) is 0 Å². The summed E-state index contributed by atoms with van der Waals surface area (Å²) in [4.78, 5) is 132. The zero-order chi connectivity index (χ0) is 28.8. The Morgan fingerprint density at radius 2 is 0.556 bits per heavy atom. The average Bonchev–Trinajstić information content (AvgIpc) is 2.44. The lowest BCUT2D eigenvalue weighted by molar-refractivity contribution is 0.286. The predicted molar refractivity (Wildman–Crippen MR) is 123 cm³/mol. The lowest BCUT2D eigenvalue weighted by atomic mass is 10.1. The molecule has 36 heavy (non-hydrogen) atoms. The molecule has 0 aliphatic rings. The van der Waals surface area contributed by atoms with Gasteiger partial charge in [-0.1, -0.05) is 0 Å². The lowest BCUT2D eigenvalue weighted by Gasteiger charge is -2.41. The van der Waals surface area contributed by atoms with E-state index in [-0.39, 0.29) is 8.41 Å². The molecular formula is C7H26BO21P7. The van der Waals surface area contributed by atoms with Crippen molar-refractivity contribution >= 4 is 61.6 Å². The first-order valence-corrected chi connectivity index (χ1v) is 20.2. The molecule has 0 aromatic rings.